The second kappa shape index (κ2) is 25.7. The van der Waals surface area contributed by atoms with Crippen LogP contribution in [0.4, 0.5) is 4.79 Å². The lowest BCUT2D eigenvalue weighted by Gasteiger charge is -2.52. The molecular weight excluding hydrogens is 977 g/mol. The minimum atomic E-state index is -2.71. The molecule has 1 aromatic heterocycles. The molecule has 14 heteroatoms. The number of ether oxygens (including phenoxy) is 3. The van der Waals surface area contributed by atoms with E-state index in [1.807, 2.05) is 72.8 Å². The van der Waals surface area contributed by atoms with Crippen LogP contribution in [0.25, 0.3) is 16.7 Å². The molecule has 0 fully saturated rings. The summed E-state index contributed by atoms with van der Waals surface area (Å²) in [4.78, 5) is 43.2. The summed E-state index contributed by atoms with van der Waals surface area (Å²) in [6.45, 7) is 41.7. The van der Waals surface area contributed by atoms with Crippen LogP contribution < -0.4 is 5.32 Å². The number of fused-ring (bicyclic) bond motifs is 1. The predicted molar refractivity (Wildman–Crippen MR) is 309 cm³/mol. The maximum absolute atomic E-state index is 15.5. The molecule has 2 heterocycles. The van der Waals surface area contributed by atoms with Crippen LogP contribution in [0, 0.1) is 0 Å². The number of hydrogen-bond acceptors (Lipinski definition) is 9. The van der Waals surface area contributed by atoms with E-state index in [-0.39, 0.29) is 58.8 Å². The standard InChI is InChI=1S/C60H92N2O9Si3/c1-38(2)72(39(3)4,40(5)6)68-37-55-57(71-74(44(13)14,45(15)16)46(17)18)54(70-73(41(7)8,42(9)10)43(11)12)35-53(69-55)56-50(34-51(59(64)66-19)61-60(65)67-36-47-28-22-20-23-29-47)49-32-26-27-33-52(49)62(56)58(63)48-30-24-21-25-31-48/h20-33,35,38-46,51,54-55,57H,34,36-37H2,1-19H3,(H,61,65)/t51-,54+,55+,57-/m0/s1. The monoisotopic (exact) mass is 1070 g/mol. The average molecular weight is 1070 g/mol. The zero-order valence-electron chi connectivity index (χ0n) is 48.4. The van der Waals surface area contributed by atoms with Crippen molar-refractivity contribution >= 4 is 59.6 Å². The van der Waals surface area contributed by atoms with E-state index in [0.29, 0.717) is 50.1 Å². The third-order valence-electron chi connectivity index (χ3n) is 16.4. The van der Waals surface area contributed by atoms with Crippen LogP contribution in [-0.4, -0.2) is 85.6 Å². The number of nitrogens with one attached hydrogen (secondary N) is 1. The van der Waals surface area contributed by atoms with Gasteiger partial charge in [-0.1, -0.05) is 191 Å². The van der Waals surface area contributed by atoms with E-state index in [2.05, 4.69) is 136 Å². The Morgan fingerprint density at radius 1 is 0.608 bits per heavy atom. The largest absolute Gasteiger partial charge is 0.483 e. The fourth-order valence-corrected chi connectivity index (χ4v) is 29.9. The fourth-order valence-electron chi connectivity index (χ4n) is 13.4. The molecular formula is C60H92N2O9Si3. The summed E-state index contributed by atoms with van der Waals surface area (Å²) >= 11 is 0. The molecule has 11 nitrogen and oxygen atoms in total. The number of esters is 1. The van der Waals surface area contributed by atoms with Crippen LogP contribution in [0.2, 0.25) is 49.9 Å². The summed E-state index contributed by atoms with van der Waals surface area (Å²) in [7, 11) is -6.60. The smallest absolute Gasteiger partial charge is 0.408 e. The Morgan fingerprint density at radius 3 is 1.58 bits per heavy atom. The number of carbonyl (C=O) groups excluding carboxylic acids is 3. The molecule has 5 rings (SSSR count). The second-order valence-electron chi connectivity index (χ2n) is 23.5. The predicted octanol–water partition coefficient (Wildman–Crippen LogP) is 15.4. The maximum atomic E-state index is 15.5. The lowest BCUT2D eigenvalue weighted by molar-refractivity contribution is -0.143. The minimum absolute atomic E-state index is 0.00257. The fraction of sp³-hybridized carbons (Fsp3) is 0.583. The van der Waals surface area contributed by atoms with Crippen molar-refractivity contribution in [1.29, 1.82) is 0 Å². The number of rotatable bonds is 24. The zero-order chi connectivity index (χ0) is 55.0. The third kappa shape index (κ3) is 12.4. The van der Waals surface area contributed by atoms with Crippen LogP contribution in [0.1, 0.15) is 152 Å². The van der Waals surface area contributed by atoms with Crippen LogP contribution in [0.3, 0.4) is 0 Å². The summed E-state index contributed by atoms with van der Waals surface area (Å²) in [6, 6.07) is 25.0. The van der Waals surface area contributed by atoms with E-state index in [0.717, 1.165) is 5.56 Å². The van der Waals surface area contributed by atoms with Gasteiger partial charge in [0.1, 0.15) is 30.6 Å². The molecule has 1 amide bonds. The summed E-state index contributed by atoms with van der Waals surface area (Å²) in [5.74, 6) is -0.534. The Bertz CT molecular complexity index is 2430. The van der Waals surface area contributed by atoms with Gasteiger partial charge in [0.05, 0.1) is 31.0 Å². The van der Waals surface area contributed by atoms with E-state index in [1.165, 1.54) is 7.11 Å². The normalized spacial score (nSPS) is 17.4. The molecule has 0 radical (unpaired) electrons. The molecule has 0 unspecified atom stereocenters. The Hall–Kier alpha value is -4.32. The number of benzene rings is 3. The van der Waals surface area contributed by atoms with E-state index in [1.54, 1.807) is 16.7 Å². The Labute approximate surface area is 448 Å². The first-order valence-corrected chi connectivity index (χ1v) is 33.9. The first kappa shape index (κ1) is 60.5. The second-order valence-corrected chi connectivity index (χ2v) is 39.7. The van der Waals surface area contributed by atoms with E-state index < -0.39 is 61.4 Å². The molecule has 0 saturated carbocycles. The highest BCUT2D eigenvalue weighted by Gasteiger charge is 2.55. The summed E-state index contributed by atoms with van der Waals surface area (Å²) in [6.07, 6.45) is -0.659. The lowest BCUT2D eigenvalue weighted by atomic mass is 9.98. The maximum Gasteiger partial charge on any atom is 0.408 e. The van der Waals surface area contributed by atoms with Crippen molar-refractivity contribution in [1.82, 2.24) is 9.88 Å². The molecule has 1 N–H and O–H groups in total. The first-order chi connectivity index (χ1) is 34.8. The van der Waals surface area contributed by atoms with E-state index in [9.17, 15) is 9.59 Å². The Kier molecular flexibility index (Phi) is 21.0. The highest BCUT2D eigenvalue weighted by atomic mass is 28.4. The van der Waals surface area contributed by atoms with Crippen LogP contribution in [-0.2, 0) is 45.3 Å². The molecule has 0 bridgehead atoms. The topological polar surface area (TPSA) is 124 Å². The molecule has 0 aliphatic carbocycles. The van der Waals surface area contributed by atoms with Gasteiger partial charge in [-0.2, -0.15) is 0 Å². The molecule has 0 saturated heterocycles. The molecule has 1 aliphatic heterocycles. The number of hydrogen-bond donors (Lipinski definition) is 1. The number of aromatic nitrogens is 1. The van der Waals surface area contributed by atoms with Crippen molar-refractivity contribution in [2.24, 2.45) is 0 Å². The van der Waals surface area contributed by atoms with Crippen molar-refractivity contribution < 1.29 is 41.9 Å². The highest BCUT2D eigenvalue weighted by Crippen LogP contribution is 2.50. The van der Waals surface area contributed by atoms with Gasteiger partial charge in [-0.05, 0) is 85.3 Å². The van der Waals surface area contributed by atoms with Gasteiger partial charge in [0.25, 0.3) is 5.91 Å². The molecule has 1 aliphatic rings. The van der Waals surface area contributed by atoms with Gasteiger partial charge in [0.15, 0.2) is 0 Å². The third-order valence-corrected chi connectivity index (χ3v) is 34.7. The van der Waals surface area contributed by atoms with Crippen LogP contribution in [0.5, 0.6) is 0 Å². The minimum Gasteiger partial charge on any atom is -0.483 e. The number of alkyl carbamates (subject to hydrolysis) is 1. The summed E-state index contributed by atoms with van der Waals surface area (Å²) < 4.78 is 44.2. The van der Waals surface area contributed by atoms with Gasteiger partial charge in [0, 0.05) is 17.4 Å². The van der Waals surface area contributed by atoms with Crippen molar-refractivity contribution in [2.45, 2.75) is 212 Å². The van der Waals surface area contributed by atoms with Gasteiger partial charge in [0.2, 0.25) is 25.0 Å². The average Bonchev–Trinajstić information content (AvgIpc) is 3.67. The van der Waals surface area contributed by atoms with Crippen LogP contribution in [0.15, 0.2) is 91.0 Å². The molecule has 408 valence electrons. The van der Waals surface area contributed by atoms with Crippen molar-refractivity contribution in [3.05, 3.63) is 113 Å². The van der Waals surface area contributed by atoms with Crippen molar-refractivity contribution in [2.75, 3.05) is 13.7 Å². The number of amides is 1. The van der Waals surface area contributed by atoms with Crippen molar-refractivity contribution in [3.8, 4) is 0 Å². The molecule has 3 aromatic carbocycles. The Morgan fingerprint density at radius 2 is 1.08 bits per heavy atom. The van der Waals surface area contributed by atoms with Gasteiger partial charge < -0.3 is 32.8 Å². The lowest BCUT2D eigenvalue weighted by Crippen LogP contribution is -2.61. The number of nitrogens with zero attached hydrogens (tertiary/aromatic N) is 1. The molecule has 74 heavy (non-hydrogen) atoms. The molecule has 4 atom stereocenters. The molecule has 0 spiro atoms. The SMILES string of the molecule is COC(=O)[C@H](Cc1c(C2=C[C@@H](O[Si](C(C)C)(C(C)C)C(C)C)[C@H](O[Si](C(C)C)(C(C)C)C(C)C)[C@@H](CO[Si](C(C)C)(C(C)C)C(C)C)O2)n(C(=O)c2ccccc2)c2ccccc12)NC(=O)OCc1ccccc1. The van der Waals surface area contributed by atoms with Gasteiger partial charge in [-0.15, -0.1) is 0 Å². The number of methoxy groups -OCH3 is 1. The van der Waals surface area contributed by atoms with E-state index >= 15 is 4.79 Å². The van der Waals surface area contributed by atoms with Gasteiger partial charge in [-0.25, -0.2) is 9.59 Å². The van der Waals surface area contributed by atoms with Crippen molar-refractivity contribution in [3.63, 3.8) is 0 Å². The summed E-state index contributed by atoms with van der Waals surface area (Å²) in [5, 5.41) is 3.54. The quantitative estimate of drug-likeness (QED) is 0.0540. The number of carbonyl (C=O) groups is 3. The zero-order valence-corrected chi connectivity index (χ0v) is 51.4. The highest BCUT2D eigenvalue weighted by molar-refractivity contribution is 6.78. The summed E-state index contributed by atoms with van der Waals surface area (Å²) in [5.41, 5.74) is 5.30. The first-order valence-electron chi connectivity index (χ1n) is 27.5. The van der Waals surface area contributed by atoms with Gasteiger partial charge in [-0.3, -0.25) is 9.36 Å². The van der Waals surface area contributed by atoms with Gasteiger partial charge >= 0.3 is 12.1 Å². The molecule has 4 aromatic rings. The van der Waals surface area contributed by atoms with Crippen LogP contribution >= 0.6 is 0 Å². The number of para-hydroxylation sites is 1. The Balaban J connectivity index is 1.90. The van der Waals surface area contributed by atoms with E-state index in [4.69, 9.17) is 27.5 Å².